The third-order valence-electron chi connectivity index (χ3n) is 7.86. The van der Waals surface area contributed by atoms with Crippen molar-refractivity contribution in [2.75, 3.05) is 10.2 Å². The van der Waals surface area contributed by atoms with E-state index in [1.54, 1.807) is 36.4 Å². The lowest BCUT2D eigenvalue weighted by Gasteiger charge is -2.17. The first-order valence-corrected chi connectivity index (χ1v) is 11.8. The van der Waals surface area contributed by atoms with Gasteiger partial charge in [0.05, 0.1) is 28.8 Å². The number of imide groups is 1. The zero-order valence-electron chi connectivity index (χ0n) is 18.6. The summed E-state index contributed by atoms with van der Waals surface area (Å²) in [4.78, 5) is 53.4. The predicted molar refractivity (Wildman–Crippen MR) is 130 cm³/mol. The maximum atomic E-state index is 13.0. The van der Waals surface area contributed by atoms with Crippen LogP contribution in [0.15, 0.2) is 78.9 Å². The Balaban J connectivity index is 1.14. The van der Waals surface area contributed by atoms with E-state index >= 15 is 0 Å². The summed E-state index contributed by atoms with van der Waals surface area (Å²) in [7, 11) is 0. The molecule has 4 atom stereocenters. The molecule has 6 nitrogen and oxygen atoms in total. The number of nitrogens with one attached hydrogen (secondary N) is 1. The maximum Gasteiger partial charge on any atom is 0.255 e. The Morgan fingerprint density at radius 3 is 2.06 bits per heavy atom. The van der Waals surface area contributed by atoms with Gasteiger partial charge in [-0.25, -0.2) is 0 Å². The highest BCUT2D eigenvalue weighted by Gasteiger charge is 2.59. The normalized spacial score (nSPS) is 25.1. The van der Waals surface area contributed by atoms with E-state index in [1.807, 2.05) is 30.3 Å². The van der Waals surface area contributed by atoms with E-state index in [9.17, 15) is 19.2 Å². The third kappa shape index (κ3) is 2.71. The van der Waals surface area contributed by atoms with Crippen molar-refractivity contribution in [2.45, 2.75) is 6.42 Å². The minimum Gasteiger partial charge on any atom is -0.321 e. The van der Waals surface area contributed by atoms with Crippen LogP contribution in [0.5, 0.6) is 0 Å². The number of hydrogen-bond acceptors (Lipinski definition) is 4. The van der Waals surface area contributed by atoms with E-state index in [2.05, 4.69) is 17.5 Å². The van der Waals surface area contributed by atoms with Gasteiger partial charge in [-0.3, -0.25) is 24.1 Å². The van der Waals surface area contributed by atoms with E-state index in [1.165, 1.54) is 4.90 Å². The predicted octanol–water partition coefficient (Wildman–Crippen LogP) is 4.46. The Hall–Kier alpha value is -4.32. The third-order valence-corrected chi connectivity index (χ3v) is 7.86. The Morgan fingerprint density at radius 2 is 1.37 bits per heavy atom. The topological polar surface area (TPSA) is 83.6 Å². The van der Waals surface area contributed by atoms with Gasteiger partial charge in [-0.2, -0.15) is 0 Å². The molecule has 3 amide bonds. The highest BCUT2D eigenvalue weighted by molar-refractivity contribution is 6.26. The van der Waals surface area contributed by atoms with Crippen LogP contribution in [0.1, 0.15) is 32.7 Å². The molecule has 0 aromatic heterocycles. The number of hydrogen-bond donors (Lipinski definition) is 1. The lowest BCUT2D eigenvalue weighted by Crippen LogP contribution is -2.32. The number of allylic oxidation sites excluding steroid dienone is 2. The van der Waals surface area contributed by atoms with E-state index in [0.717, 1.165) is 17.5 Å². The second-order valence-electron chi connectivity index (χ2n) is 9.62. The molecule has 0 unspecified atom stereocenters. The first-order chi connectivity index (χ1) is 17.0. The minimum atomic E-state index is -0.369. The van der Waals surface area contributed by atoms with Gasteiger partial charge in [-0.1, -0.05) is 48.6 Å². The highest BCUT2D eigenvalue weighted by Crippen LogP contribution is 2.53. The highest BCUT2D eigenvalue weighted by atomic mass is 16.2. The number of rotatable bonds is 3. The fraction of sp³-hybridized carbons (Fsp3) is 0.172. The lowest BCUT2D eigenvalue weighted by atomic mass is 9.85. The second-order valence-corrected chi connectivity index (χ2v) is 9.62. The summed E-state index contributed by atoms with van der Waals surface area (Å²) >= 11 is 0. The van der Waals surface area contributed by atoms with Crippen LogP contribution in [0.3, 0.4) is 0 Å². The molecule has 7 rings (SSSR count). The number of nitrogens with zero attached hydrogens (tertiary/aromatic N) is 1. The maximum absolute atomic E-state index is 13.0. The molecular weight excluding hydrogens is 440 g/mol. The van der Waals surface area contributed by atoms with Crippen LogP contribution in [0, 0.1) is 23.7 Å². The van der Waals surface area contributed by atoms with Crippen molar-refractivity contribution in [3.05, 3.63) is 95.6 Å². The first kappa shape index (κ1) is 20.1. The summed E-state index contributed by atoms with van der Waals surface area (Å²) in [5, 5.41) is 2.87. The quantitative estimate of drug-likeness (QED) is 0.361. The average molecular weight is 460 g/mol. The van der Waals surface area contributed by atoms with Gasteiger partial charge < -0.3 is 5.32 Å². The molecule has 3 aliphatic carbocycles. The van der Waals surface area contributed by atoms with E-state index in [0.29, 0.717) is 28.1 Å². The summed E-state index contributed by atoms with van der Waals surface area (Å²) < 4.78 is 0. The van der Waals surface area contributed by atoms with Gasteiger partial charge in [-0.05, 0) is 59.7 Å². The van der Waals surface area contributed by atoms with Crippen molar-refractivity contribution in [2.24, 2.45) is 23.7 Å². The Bertz CT molecular complexity index is 1470. The van der Waals surface area contributed by atoms with Crippen LogP contribution in [0.2, 0.25) is 0 Å². The van der Waals surface area contributed by atoms with Crippen molar-refractivity contribution in [1.82, 2.24) is 0 Å². The van der Waals surface area contributed by atoms with Crippen LogP contribution in [-0.2, 0) is 9.59 Å². The molecule has 0 radical (unpaired) electrons. The Labute approximate surface area is 201 Å². The smallest absolute Gasteiger partial charge is 0.255 e. The molecule has 170 valence electrons. The van der Waals surface area contributed by atoms with E-state index in [4.69, 9.17) is 0 Å². The molecule has 1 heterocycles. The van der Waals surface area contributed by atoms with Crippen LogP contribution in [-0.4, -0.2) is 23.5 Å². The Kier molecular flexibility index (Phi) is 4.07. The lowest BCUT2D eigenvalue weighted by molar-refractivity contribution is -0.123. The minimum absolute atomic E-state index is 0.109. The van der Waals surface area contributed by atoms with Crippen LogP contribution in [0.25, 0.3) is 11.1 Å². The number of carbonyl (C=O) groups excluding carboxylic acids is 4. The Morgan fingerprint density at radius 1 is 0.743 bits per heavy atom. The molecular formula is C29H20N2O4. The number of anilines is 2. The summed E-state index contributed by atoms with van der Waals surface area (Å²) in [5.74, 6) is -0.992. The van der Waals surface area contributed by atoms with E-state index in [-0.39, 0.29) is 47.2 Å². The number of amides is 3. The van der Waals surface area contributed by atoms with Gasteiger partial charge in [0, 0.05) is 11.1 Å². The van der Waals surface area contributed by atoms with Crippen molar-refractivity contribution in [1.29, 1.82) is 0 Å². The zero-order valence-corrected chi connectivity index (χ0v) is 18.6. The molecule has 3 aromatic rings. The molecule has 1 N–H and O–H groups in total. The summed E-state index contributed by atoms with van der Waals surface area (Å²) in [6.07, 6.45) is 5.02. The summed E-state index contributed by atoms with van der Waals surface area (Å²) in [5.41, 5.74) is 4.09. The van der Waals surface area contributed by atoms with Gasteiger partial charge in [-0.15, -0.1) is 0 Å². The number of carbonyl (C=O) groups is 4. The van der Waals surface area contributed by atoms with Crippen LogP contribution in [0.4, 0.5) is 11.4 Å². The monoisotopic (exact) mass is 460 g/mol. The molecule has 1 saturated heterocycles. The van der Waals surface area contributed by atoms with Gasteiger partial charge >= 0.3 is 0 Å². The van der Waals surface area contributed by atoms with Crippen molar-refractivity contribution < 1.29 is 19.2 Å². The zero-order chi connectivity index (χ0) is 23.8. The molecule has 1 saturated carbocycles. The number of fused-ring (bicyclic) bond motifs is 8. The molecule has 0 spiro atoms. The van der Waals surface area contributed by atoms with Crippen LogP contribution < -0.4 is 10.2 Å². The molecule has 2 fully saturated rings. The largest absolute Gasteiger partial charge is 0.321 e. The summed E-state index contributed by atoms with van der Waals surface area (Å²) in [6.45, 7) is 0. The van der Waals surface area contributed by atoms with Crippen molar-refractivity contribution >= 4 is 34.9 Å². The SMILES string of the molecule is O=C(Nc1cccc2c1C(=O)c1ccccc1-2)c1ccc(N2C(=O)[C@H]3[C@H](C2=O)[C@H]2C=C[C@H]3C2)cc1. The molecule has 1 aliphatic heterocycles. The first-order valence-electron chi connectivity index (χ1n) is 11.8. The van der Waals surface area contributed by atoms with Gasteiger partial charge in [0.2, 0.25) is 11.8 Å². The molecule has 2 bridgehead atoms. The number of benzene rings is 3. The van der Waals surface area contributed by atoms with Gasteiger partial charge in [0.15, 0.2) is 5.78 Å². The second kappa shape index (κ2) is 7.09. The average Bonchev–Trinajstić information content (AvgIpc) is 3.62. The standard InChI is InChI=1S/C29H20N2O4/c32-26-21-5-2-1-4-19(21)20-6-3-7-22(25(20)26)30-27(33)15-10-12-18(13-11-15)31-28(34)23-16-8-9-17(14-16)24(23)29(31)35/h1-13,16-17,23-24H,14H2,(H,30,33)/t16-,17-,23+,24+/m0/s1. The van der Waals surface area contributed by atoms with Crippen molar-refractivity contribution in [3.8, 4) is 11.1 Å². The fourth-order valence-electron chi connectivity index (χ4n) is 6.29. The van der Waals surface area contributed by atoms with Gasteiger partial charge in [0.25, 0.3) is 5.91 Å². The summed E-state index contributed by atoms with van der Waals surface area (Å²) in [6, 6.07) is 19.3. The molecule has 4 aliphatic rings. The molecule has 35 heavy (non-hydrogen) atoms. The van der Waals surface area contributed by atoms with Crippen LogP contribution >= 0.6 is 0 Å². The molecule has 3 aromatic carbocycles. The fourth-order valence-corrected chi connectivity index (χ4v) is 6.29. The number of ketones is 1. The van der Waals surface area contributed by atoms with E-state index < -0.39 is 0 Å². The van der Waals surface area contributed by atoms with Gasteiger partial charge in [0.1, 0.15) is 0 Å². The molecule has 6 heteroatoms. The van der Waals surface area contributed by atoms with Crippen molar-refractivity contribution in [3.63, 3.8) is 0 Å².